The highest BCUT2D eigenvalue weighted by Gasteiger charge is 2.14. The van der Waals surface area contributed by atoms with Gasteiger partial charge < -0.3 is 5.11 Å². The van der Waals surface area contributed by atoms with Crippen molar-refractivity contribution in [3.63, 3.8) is 0 Å². The van der Waals surface area contributed by atoms with Gasteiger partial charge in [-0.1, -0.05) is 38.1 Å². The lowest BCUT2D eigenvalue weighted by molar-refractivity contribution is 0.219. The summed E-state index contributed by atoms with van der Waals surface area (Å²) in [5.74, 6) is 0.625. The summed E-state index contributed by atoms with van der Waals surface area (Å²) in [7, 11) is 0. The smallest absolute Gasteiger partial charge is 0.131 e. The van der Waals surface area contributed by atoms with E-state index in [1.807, 2.05) is 24.4 Å². The monoisotopic (exact) mass is 261 g/mol. The predicted molar refractivity (Wildman–Crippen MR) is 75.9 cm³/mol. The number of thiazole rings is 1. The molecule has 96 valence electrons. The molecule has 0 bridgehead atoms. The Morgan fingerprint density at radius 2 is 2.11 bits per heavy atom. The van der Waals surface area contributed by atoms with Crippen LogP contribution in [0.3, 0.4) is 0 Å². The molecule has 2 aromatic rings. The molecule has 0 amide bonds. The van der Waals surface area contributed by atoms with Crippen LogP contribution in [0.25, 0.3) is 0 Å². The zero-order chi connectivity index (χ0) is 13.1. The van der Waals surface area contributed by atoms with Gasteiger partial charge in [-0.15, -0.1) is 11.3 Å². The summed E-state index contributed by atoms with van der Waals surface area (Å²) >= 11 is 1.51. The van der Waals surface area contributed by atoms with Crippen molar-refractivity contribution < 1.29 is 5.11 Å². The minimum Gasteiger partial charge on any atom is -0.381 e. The molecule has 1 heterocycles. The third kappa shape index (κ3) is 3.18. The van der Waals surface area contributed by atoms with Crippen LogP contribution < -0.4 is 0 Å². The Balaban J connectivity index is 2.22. The molecular formula is C15H19NOS. The van der Waals surface area contributed by atoms with Crippen LogP contribution >= 0.6 is 11.3 Å². The van der Waals surface area contributed by atoms with Crippen molar-refractivity contribution in [3.05, 3.63) is 51.5 Å². The topological polar surface area (TPSA) is 33.1 Å². The highest BCUT2D eigenvalue weighted by molar-refractivity contribution is 7.09. The van der Waals surface area contributed by atoms with Crippen molar-refractivity contribution in [1.82, 2.24) is 4.98 Å². The molecule has 0 saturated carbocycles. The van der Waals surface area contributed by atoms with Crippen molar-refractivity contribution >= 4 is 11.3 Å². The highest BCUT2D eigenvalue weighted by atomic mass is 32.1. The van der Waals surface area contributed by atoms with Crippen LogP contribution in [0.15, 0.2) is 29.6 Å². The number of benzene rings is 1. The predicted octanol–water partition coefficient (Wildman–Crippen LogP) is 3.73. The fourth-order valence-corrected chi connectivity index (χ4v) is 2.81. The number of rotatable bonds is 4. The molecule has 1 unspecified atom stereocenters. The van der Waals surface area contributed by atoms with E-state index in [9.17, 15) is 5.11 Å². The molecule has 0 aliphatic heterocycles. The van der Waals surface area contributed by atoms with Gasteiger partial charge in [-0.25, -0.2) is 4.98 Å². The fourth-order valence-electron chi connectivity index (χ4n) is 2.00. The molecule has 1 atom stereocenters. The van der Waals surface area contributed by atoms with Gasteiger partial charge >= 0.3 is 0 Å². The highest BCUT2D eigenvalue weighted by Crippen LogP contribution is 2.25. The molecule has 1 aromatic carbocycles. The first-order chi connectivity index (χ1) is 8.56. The quantitative estimate of drug-likeness (QED) is 0.909. The maximum atomic E-state index is 10.3. The fraction of sp³-hybridized carbons (Fsp3) is 0.400. The first kappa shape index (κ1) is 13.2. The number of hydrogen-bond donors (Lipinski definition) is 1. The molecule has 0 radical (unpaired) electrons. The Hall–Kier alpha value is -1.19. The summed E-state index contributed by atoms with van der Waals surface area (Å²) in [5.41, 5.74) is 3.17. The summed E-state index contributed by atoms with van der Waals surface area (Å²) in [5, 5.41) is 13.1. The average Bonchev–Trinajstić information content (AvgIpc) is 2.74. The molecule has 1 N–H and O–H groups in total. The van der Waals surface area contributed by atoms with Crippen molar-refractivity contribution in [2.45, 2.75) is 33.3 Å². The van der Waals surface area contributed by atoms with Gasteiger partial charge in [-0.05, 0) is 30.4 Å². The second-order valence-corrected chi connectivity index (χ2v) is 5.96. The van der Waals surface area contributed by atoms with Crippen LogP contribution in [-0.2, 0) is 6.42 Å². The number of nitrogens with zero attached hydrogens (tertiary/aromatic N) is 1. The van der Waals surface area contributed by atoms with Crippen molar-refractivity contribution in [3.8, 4) is 0 Å². The van der Waals surface area contributed by atoms with E-state index in [0.717, 1.165) is 22.7 Å². The van der Waals surface area contributed by atoms with Gasteiger partial charge in [0.2, 0.25) is 0 Å². The van der Waals surface area contributed by atoms with Crippen LogP contribution in [-0.4, -0.2) is 10.1 Å². The first-order valence-corrected chi connectivity index (χ1v) is 7.13. The van der Waals surface area contributed by atoms with Gasteiger partial charge in [0, 0.05) is 11.1 Å². The van der Waals surface area contributed by atoms with Gasteiger partial charge in [-0.2, -0.15) is 0 Å². The molecule has 0 saturated heterocycles. The molecule has 0 aliphatic rings. The molecule has 0 fully saturated rings. The van der Waals surface area contributed by atoms with E-state index in [2.05, 4.69) is 31.0 Å². The SMILES string of the molecule is Cc1csc(C(O)c2cccc(CC(C)C)c2)n1. The Kier molecular flexibility index (Phi) is 4.15. The van der Waals surface area contributed by atoms with Crippen LogP contribution in [0.1, 0.15) is 41.8 Å². The first-order valence-electron chi connectivity index (χ1n) is 6.25. The van der Waals surface area contributed by atoms with Gasteiger partial charge in [0.05, 0.1) is 0 Å². The number of aromatic nitrogens is 1. The molecule has 2 nitrogen and oxygen atoms in total. The van der Waals surface area contributed by atoms with Crippen molar-refractivity contribution in [2.24, 2.45) is 5.92 Å². The van der Waals surface area contributed by atoms with Crippen molar-refractivity contribution in [1.29, 1.82) is 0 Å². The van der Waals surface area contributed by atoms with E-state index in [-0.39, 0.29) is 0 Å². The van der Waals surface area contributed by atoms with Gasteiger partial charge in [0.25, 0.3) is 0 Å². The zero-order valence-corrected chi connectivity index (χ0v) is 11.9. The summed E-state index contributed by atoms with van der Waals surface area (Å²) in [6.45, 7) is 6.35. The zero-order valence-electron chi connectivity index (χ0n) is 11.1. The minimum absolute atomic E-state index is 0.601. The van der Waals surface area contributed by atoms with Crippen LogP contribution in [0.2, 0.25) is 0 Å². The van der Waals surface area contributed by atoms with E-state index in [1.165, 1.54) is 16.9 Å². The second-order valence-electron chi connectivity index (χ2n) is 5.07. The van der Waals surface area contributed by atoms with Gasteiger partial charge in [0.1, 0.15) is 11.1 Å². The van der Waals surface area contributed by atoms with E-state index in [1.54, 1.807) is 0 Å². The maximum Gasteiger partial charge on any atom is 0.131 e. The third-order valence-corrected chi connectivity index (χ3v) is 3.80. The average molecular weight is 261 g/mol. The largest absolute Gasteiger partial charge is 0.381 e. The third-order valence-electron chi connectivity index (χ3n) is 2.78. The molecule has 2 rings (SSSR count). The van der Waals surface area contributed by atoms with Gasteiger partial charge in [0.15, 0.2) is 0 Å². The number of aliphatic hydroxyl groups is 1. The van der Waals surface area contributed by atoms with Crippen LogP contribution in [0.5, 0.6) is 0 Å². The number of hydrogen-bond acceptors (Lipinski definition) is 3. The van der Waals surface area contributed by atoms with E-state index >= 15 is 0 Å². The second kappa shape index (κ2) is 5.63. The molecule has 0 spiro atoms. The molecule has 1 aromatic heterocycles. The summed E-state index contributed by atoms with van der Waals surface area (Å²) < 4.78 is 0. The maximum absolute atomic E-state index is 10.3. The lowest BCUT2D eigenvalue weighted by atomic mass is 9.99. The lowest BCUT2D eigenvalue weighted by Gasteiger charge is -2.11. The van der Waals surface area contributed by atoms with E-state index in [4.69, 9.17) is 0 Å². The van der Waals surface area contributed by atoms with Crippen LogP contribution in [0, 0.1) is 12.8 Å². The molecule has 18 heavy (non-hydrogen) atoms. The van der Waals surface area contributed by atoms with Crippen LogP contribution in [0.4, 0.5) is 0 Å². The Labute approximate surface area is 112 Å². The normalized spacial score (nSPS) is 12.9. The minimum atomic E-state index is -0.601. The van der Waals surface area contributed by atoms with E-state index in [0.29, 0.717) is 5.92 Å². The Morgan fingerprint density at radius 1 is 1.33 bits per heavy atom. The summed E-state index contributed by atoms with van der Waals surface area (Å²) in [6.07, 6.45) is 0.438. The number of aryl methyl sites for hydroxylation is 1. The Morgan fingerprint density at radius 3 is 2.72 bits per heavy atom. The Bertz CT molecular complexity index is 519. The van der Waals surface area contributed by atoms with Gasteiger partial charge in [-0.3, -0.25) is 0 Å². The van der Waals surface area contributed by atoms with E-state index < -0.39 is 6.10 Å². The lowest BCUT2D eigenvalue weighted by Crippen LogP contribution is -2.01. The summed E-state index contributed by atoms with van der Waals surface area (Å²) in [4.78, 5) is 4.35. The summed E-state index contributed by atoms with van der Waals surface area (Å²) in [6, 6.07) is 8.17. The standard InChI is InChI=1S/C15H19NOS/c1-10(2)7-12-5-4-6-13(8-12)14(17)15-16-11(3)9-18-15/h4-6,8-10,14,17H,7H2,1-3H3. The molecule has 0 aliphatic carbocycles. The molecular weight excluding hydrogens is 242 g/mol. The number of aliphatic hydroxyl groups excluding tert-OH is 1. The van der Waals surface area contributed by atoms with Crippen molar-refractivity contribution in [2.75, 3.05) is 0 Å². The molecule has 3 heteroatoms.